The number of pyridine rings is 1. The molecule has 0 aliphatic heterocycles. The van der Waals surface area contributed by atoms with Gasteiger partial charge in [-0.3, -0.25) is 16.3 Å². The molecule has 4 heteroatoms. The van der Waals surface area contributed by atoms with Crippen molar-refractivity contribution in [3.8, 4) is 0 Å². The largest absolute Gasteiger partial charge is 0.271 e. The molecule has 1 atom stereocenters. The first-order chi connectivity index (χ1) is 9.28. The number of halogens is 1. The van der Waals surface area contributed by atoms with Crippen LogP contribution in [0.15, 0.2) is 48.8 Å². The number of rotatable bonds is 6. The average molecular weight is 259 g/mol. The van der Waals surface area contributed by atoms with E-state index in [9.17, 15) is 4.39 Å². The second-order valence-electron chi connectivity index (χ2n) is 4.60. The van der Waals surface area contributed by atoms with Gasteiger partial charge in [0.25, 0.3) is 0 Å². The highest BCUT2D eigenvalue weighted by molar-refractivity contribution is 5.17. The minimum Gasteiger partial charge on any atom is -0.271 e. The zero-order valence-electron chi connectivity index (χ0n) is 10.7. The Kier molecular flexibility index (Phi) is 5.01. The van der Waals surface area contributed by atoms with E-state index in [-0.39, 0.29) is 11.9 Å². The summed E-state index contributed by atoms with van der Waals surface area (Å²) in [6.45, 7) is 0. The van der Waals surface area contributed by atoms with Crippen molar-refractivity contribution >= 4 is 0 Å². The SMILES string of the molecule is NNC(CCc1cccnc1)Cc1cccc(F)c1. The van der Waals surface area contributed by atoms with Crippen molar-refractivity contribution in [1.82, 2.24) is 10.4 Å². The van der Waals surface area contributed by atoms with Gasteiger partial charge in [-0.05, 0) is 48.6 Å². The maximum atomic E-state index is 13.1. The third kappa shape index (κ3) is 4.43. The van der Waals surface area contributed by atoms with Crippen LogP contribution >= 0.6 is 0 Å². The first-order valence-corrected chi connectivity index (χ1v) is 6.37. The Morgan fingerprint density at radius 3 is 2.74 bits per heavy atom. The fraction of sp³-hybridized carbons (Fsp3) is 0.267. The second kappa shape index (κ2) is 6.97. The molecule has 0 saturated carbocycles. The summed E-state index contributed by atoms with van der Waals surface area (Å²) in [7, 11) is 0. The average Bonchev–Trinajstić information content (AvgIpc) is 2.44. The van der Waals surface area contributed by atoms with Crippen LogP contribution in [-0.2, 0) is 12.8 Å². The van der Waals surface area contributed by atoms with Gasteiger partial charge in [0.2, 0.25) is 0 Å². The van der Waals surface area contributed by atoms with Gasteiger partial charge in [-0.1, -0.05) is 18.2 Å². The molecule has 0 saturated heterocycles. The van der Waals surface area contributed by atoms with Crippen LogP contribution in [0.4, 0.5) is 4.39 Å². The molecule has 2 aromatic rings. The van der Waals surface area contributed by atoms with Gasteiger partial charge >= 0.3 is 0 Å². The third-order valence-electron chi connectivity index (χ3n) is 3.11. The van der Waals surface area contributed by atoms with Crippen molar-refractivity contribution in [1.29, 1.82) is 0 Å². The highest BCUT2D eigenvalue weighted by Gasteiger charge is 2.08. The topological polar surface area (TPSA) is 50.9 Å². The summed E-state index contributed by atoms with van der Waals surface area (Å²) < 4.78 is 13.1. The molecule has 3 nitrogen and oxygen atoms in total. The van der Waals surface area contributed by atoms with Gasteiger partial charge in [0.05, 0.1) is 0 Å². The number of hydrazine groups is 1. The molecule has 0 aliphatic carbocycles. The number of nitrogens with two attached hydrogens (primary N) is 1. The molecule has 100 valence electrons. The summed E-state index contributed by atoms with van der Waals surface area (Å²) >= 11 is 0. The van der Waals surface area contributed by atoms with Crippen LogP contribution in [0.5, 0.6) is 0 Å². The van der Waals surface area contributed by atoms with Gasteiger partial charge in [0, 0.05) is 18.4 Å². The summed E-state index contributed by atoms with van der Waals surface area (Å²) in [5.41, 5.74) is 4.93. The lowest BCUT2D eigenvalue weighted by Crippen LogP contribution is -2.37. The molecule has 1 heterocycles. The molecule has 0 aliphatic rings. The number of benzene rings is 1. The fourth-order valence-electron chi connectivity index (χ4n) is 2.08. The molecular formula is C15H18FN3. The van der Waals surface area contributed by atoms with Crippen molar-refractivity contribution < 1.29 is 4.39 Å². The summed E-state index contributed by atoms with van der Waals surface area (Å²) in [5.74, 6) is 5.36. The van der Waals surface area contributed by atoms with E-state index in [0.29, 0.717) is 6.42 Å². The molecule has 1 aromatic carbocycles. The molecule has 2 rings (SSSR count). The highest BCUT2D eigenvalue weighted by atomic mass is 19.1. The smallest absolute Gasteiger partial charge is 0.123 e. The van der Waals surface area contributed by atoms with Gasteiger partial charge in [-0.25, -0.2) is 4.39 Å². The van der Waals surface area contributed by atoms with E-state index in [1.54, 1.807) is 18.3 Å². The van der Waals surface area contributed by atoms with Crippen LogP contribution in [0.3, 0.4) is 0 Å². The van der Waals surface area contributed by atoms with Crippen LogP contribution in [0.1, 0.15) is 17.5 Å². The Hall–Kier alpha value is -1.78. The van der Waals surface area contributed by atoms with E-state index in [1.807, 2.05) is 24.4 Å². The second-order valence-corrected chi connectivity index (χ2v) is 4.60. The minimum atomic E-state index is -0.208. The van der Waals surface area contributed by atoms with Gasteiger partial charge in [0.15, 0.2) is 0 Å². The Labute approximate surface area is 112 Å². The molecule has 0 radical (unpaired) electrons. The van der Waals surface area contributed by atoms with E-state index in [1.165, 1.54) is 11.6 Å². The zero-order valence-corrected chi connectivity index (χ0v) is 10.7. The van der Waals surface area contributed by atoms with Crippen molar-refractivity contribution in [2.24, 2.45) is 5.84 Å². The maximum absolute atomic E-state index is 13.1. The van der Waals surface area contributed by atoms with Gasteiger partial charge in [0.1, 0.15) is 5.82 Å². The lowest BCUT2D eigenvalue weighted by Gasteiger charge is -2.15. The predicted molar refractivity (Wildman–Crippen MR) is 73.8 cm³/mol. The van der Waals surface area contributed by atoms with E-state index in [0.717, 1.165) is 18.4 Å². The molecule has 1 unspecified atom stereocenters. The quantitative estimate of drug-likeness (QED) is 0.618. The van der Waals surface area contributed by atoms with E-state index in [2.05, 4.69) is 10.4 Å². The van der Waals surface area contributed by atoms with E-state index in [4.69, 9.17) is 5.84 Å². The van der Waals surface area contributed by atoms with Crippen molar-refractivity contribution in [3.05, 3.63) is 65.7 Å². The molecular weight excluding hydrogens is 241 g/mol. The zero-order chi connectivity index (χ0) is 13.5. The van der Waals surface area contributed by atoms with Crippen LogP contribution < -0.4 is 11.3 Å². The number of aryl methyl sites for hydroxylation is 1. The fourth-order valence-corrected chi connectivity index (χ4v) is 2.08. The number of nitrogens with zero attached hydrogens (tertiary/aromatic N) is 1. The highest BCUT2D eigenvalue weighted by Crippen LogP contribution is 2.10. The lowest BCUT2D eigenvalue weighted by molar-refractivity contribution is 0.490. The summed E-state index contributed by atoms with van der Waals surface area (Å²) in [6, 6.07) is 10.7. The van der Waals surface area contributed by atoms with Crippen LogP contribution in [0, 0.1) is 5.82 Å². The lowest BCUT2D eigenvalue weighted by atomic mass is 10.00. The molecule has 0 fully saturated rings. The van der Waals surface area contributed by atoms with Gasteiger partial charge in [-0.15, -0.1) is 0 Å². The first-order valence-electron chi connectivity index (χ1n) is 6.37. The Balaban J connectivity index is 1.90. The Morgan fingerprint density at radius 1 is 1.21 bits per heavy atom. The maximum Gasteiger partial charge on any atom is 0.123 e. The molecule has 0 bridgehead atoms. The molecule has 1 aromatic heterocycles. The minimum absolute atomic E-state index is 0.127. The third-order valence-corrected chi connectivity index (χ3v) is 3.11. The van der Waals surface area contributed by atoms with E-state index >= 15 is 0 Å². The number of hydrogen-bond donors (Lipinski definition) is 2. The van der Waals surface area contributed by atoms with Gasteiger partial charge in [-0.2, -0.15) is 0 Å². The summed E-state index contributed by atoms with van der Waals surface area (Å²) in [4.78, 5) is 4.08. The van der Waals surface area contributed by atoms with Crippen molar-refractivity contribution in [2.45, 2.75) is 25.3 Å². The summed E-state index contributed by atoms with van der Waals surface area (Å²) in [6.07, 6.45) is 6.12. The Bertz CT molecular complexity index is 502. The molecule has 19 heavy (non-hydrogen) atoms. The van der Waals surface area contributed by atoms with E-state index < -0.39 is 0 Å². The number of aromatic nitrogens is 1. The normalized spacial score (nSPS) is 12.3. The first kappa shape index (κ1) is 13.6. The number of nitrogens with one attached hydrogen (secondary N) is 1. The number of hydrogen-bond acceptors (Lipinski definition) is 3. The predicted octanol–water partition coefficient (Wildman–Crippen LogP) is 2.23. The van der Waals surface area contributed by atoms with Crippen molar-refractivity contribution in [2.75, 3.05) is 0 Å². The molecule has 3 N–H and O–H groups in total. The van der Waals surface area contributed by atoms with Crippen LogP contribution in [0.25, 0.3) is 0 Å². The standard InChI is InChI=1S/C15H18FN3/c16-14-5-1-3-13(9-14)10-15(19-17)7-6-12-4-2-8-18-11-12/h1-5,8-9,11,15,19H,6-7,10,17H2. The summed E-state index contributed by atoms with van der Waals surface area (Å²) in [5, 5.41) is 0. The van der Waals surface area contributed by atoms with Gasteiger partial charge < -0.3 is 0 Å². The van der Waals surface area contributed by atoms with Crippen LogP contribution in [-0.4, -0.2) is 11.0 Å². The monoisotopic (exact) mass is 259 g/mol. The van der Waals surface area contributed by atoms with Crippen molar-refractivity contribution in [3.63, 3.8) is 0 Å². The van der Waals surface area contributed by atoms with Crippen LogP contribution in [0.2, 0.25) is 0 Å². The Morgan fingerprint density at radius 2 is 2.05 bits per heavy atom. The molecule has 0 amide bonds. The molecule has 0 spiro atoms.